The van der Waals surface area contributed by atoms with E-state index in [1.807, 2.05) is 0 Å². The summed E-state index contributed by atoms with van der Waals surface area (Å²) >= 11 is 0. The van der Waals surface area contributed by atoms with Crippen molar-refractivity contribution in [3.05, 3.63) is 59.2 Å². The third-order valence-electron chi connectivity index (χ3n) is 2.91. The van der Waals surface area contributed by atoms with Gasteiger partial charge in [-0.05, 0) is 32.2 Å². The van der Waals surface area contributed by atoms with Crippen LogP contribution in [0.5, 0.6) is 0 Å². The molecule has 0 N–H and O–H groups in total. The van der Waals surface area contributed by atoms with Gasteiger partial charge < -0.3 is 4.90 Å². The summed E-state index contributed by atoms with van der Waals surface area (Å²) in [7, 11) is 4.24. The number of hydrogen-bond acceptors (Lipinski definition) is 1. The van der Waals surface area contributed by atoms with E-state index in [1.165, 1.54) is 16.7 Å². The van der Waals surface area contributed by atoms with Gasteiger partial charge in [0.2, 0.25) is 0 Å². The van der Waals surface area contributed by atoms with Crippen LogP contribution in [0.15, 0.2) is 48.1 Å². The van der Waals surface area contributed by atoms with Crippen LogP contribution in [0.25, 0.3) is 0 Å². The van der Waals surface area contributed by atoms with Gasteiger partial charge in [0.05, 0.1) is 0 Å². The Labute approximate surface area is 98.1 Å². The zero-order chi connectivity index (χ0) is 11.5. The predicted molar refractivity (Wildman–Crippen MR) is 69.7 cm³/mol. The summed E-state index contributed by atoms with van der Waals surface area (Å²) in [5, 5.41) is 0. The Hall–Kier alpha value is -1.34. The first-order valence-corrected chi connectivity index (χ1v) is 5.75. The lowest BCUT2D eigenvalue weighted by atomic mass is 9.92. The van der Waals surface area contributed by atoms with Crippen molar-refractivity contribution in [3.63, 3.8) is 0 Å². The molecule has 0 saturated carbocycles. The Bertz CT molecular complexity index is 427. The lowest BCUT2D eigenvalue weighted by Gasteiger charge is -2.18. The molecule has 0 radical (unpaired) electrons. The fourth-order valence-corrected chi connectivity index (χ4v) is 2.22. The molecule has 0 aliphatic heterocycles. The maximum Gasteiger partial charge on any atom is 0.0247 e. The first-order valence-electron chi connectivity index (χ1n) is 5.75. The minimum atomic E-state index is 0.474. The smallest absolute Gasteiger partial charge is 0.0247 e. The van der Waals surface area contributed by atoms with Crippen LogP contribution in [0, 0.1) is 6.92 Å². The Balaban J connectivity index is 2.21. The van der Waals surface area contributed by atoms with Gasteiger partial charge in [-0.25, -0.2) is 0 Å². The number of rotatable bonds is 3. The molecule has 0 fully saturated rings. The van der Waals surface area contributed by atoms with E-state index in [2.05, 4.69) is 68.4 Å². The topological polar surface area (TPSA) is 3.24 Å². The molecule has 1 aliphatic carbocycles. The second kappa shape index (κ2) is 4.67. The molecule has 0 heterocycles. The largest absolute Gasteiger partial charge is 0.305 e. The van der Waals surface area contributed by atoms with Crippen molar-refractivity contribution in [2.24, 2.45) is 0 Å². The van der Waals surface area contributed by atoms with E-state index < -0.39 is 0 Å². The minimum Gasteiger partial charge on any atom is -0.305 e. The van der Waals surface area contributed by atoms with E-state index in [-0.39, 0.29) is 0 Å². The number of aryl methyl sites for hydroxylation is 1. The summed E-state index contributed by atoms with van der Waals surface area (Å²) in [6, 6.07) is 8.79. The van der Waals surface area contributed by atoms with Crippen LogP contribution in [0.1, 0.15) is 17.0 Å². The van der Waals surface area contributed by atoms with Crippen LogP contribution in [-0.4, -0.2) is 25.5 Å². The summed E-state index contributed by atoms with van der Waals surface area (Å²) in [5.41, 5.74) is 4.22. The zero-order valence-electron chi connectivity index (χ0n) is 10.3. The lowest BCUT2D eigenvalue weighted by molar-refractivity contribution is 0.439. The van der Waals surface area contributed by atoms with Crippen molar-refractivity contribution in [2.75, 3.05) is 20.6 Å². The Morgan fingerprint density at radius 3 is 2.75 bits per heavy atom. The summed E-state index contributed by atoms with van der Waals surface area (Å²) in [6.07, 6.45) is 6.70. The van der Waals surface area contributed by atoms with Crippen molar-refractivity contribution < 1.29 is 0 Å². The van der Waals surface area contributed by atoms with Crippen LogP contribution < -0.4 is 0 Å². The van der Waals surface area contributed by atoms with E-state index in [4.69, 9.17) is 0 Å². The number of allylic oxidation sites excluding steroid dienone is 3. The molecule has 1 aromatic carbocycles. The number of likely N-dealkylation sites (N-methyl/N-ethyl adjacent to an activating group) is 1. The average molecular weight is 213 g/mol. The fourth-order valence-electron chi connectivity index (χ4n) is 2.22. The summed E-state index contributed by atoms with van der Waals surface area (Å²) in [4.78, 5) is 2.22. The van der Waals surface area contributed by atoms with Crippen LogP contribution in [-0.2, 0) is 0 Å². The van der Waals surface area contributed by atoms with Crippen LogP contribution in [0.2, 0.25) is 0 Å². The molecular weight excluding hydrogens is 194 g/mol. The van der Waals surface area contributed by atoms with Crippen LogP contribution in [0.3, 0.4) is 0 Å². The van der Waals surface area contributed by atoms with Gasteiger partial charge in [0.25, 0.3) is 0 Å². The van der Waals surface area contributed by atoms with Gasteiger partial charge >= 0.3 is 0 Å². The minimum absolute atomic E-state index is 0.474. The van der Waals surface area contributed by atoms with Crippen LogP contribution >= 0.6 is 0 Å². The molecule has 1 unspecified atom stereocenters. The van der Waals surface area contributed by atoms with Crippen LogP contribution in [0.4, 0.5) is 0 Å². The van der Waals surface area contributed by atoms with Gasteiger partial charge in [-0.3, -0.25) is 0 Å². The molecule has 0 aromatic heterocycles. The normalized spacial score (nSPS) is 19.2. The molecule has 84 valence electrons. The Morgan fingerprint density at radius 1 is 1.25 bits per heavy atom. The SMILES string of the molecule is Cc1cccc(C2C=CC=C2CN(C)C)c1. The van der Waals surface area contributed by atoms with E-state index in [9.17, 15) is 0 Å². The second-order valence-electron chi connectivity index (χ2n) is 4.76. The van der Waals surface area contributed by atoms with E-state index in [1.54, 1.807) is 0 Å². The number of hydrogen-bond donors (Lipinski definition) is 0. The monoisotopic (exact) mass is 213 g/mol. The fraction of sp³-hybridized carbons (Fsp3) is 0.333. The van der Waals surface area contributed by atoms with Gasteiger partial charge in [0.15, 0.2) is 0 Å². The molecular formula is C15H19N. The predicted octanol–water partition coefficient (Wildman–Crippen LogP) is 3.14. The third kappa shape index (κ3) is 2.42. The lowest BCUT2D eigenvalue weighted by Crippen LogP contribution is -2.17. The molecule has 2 rings (SSSR count). The molecule has 1 heteroatoms. The highest BCUT2D eigenvalue weighted by atomic mass is 15.0. The molecule has 0 amide bonds. The summed E-state index contributed by atoms with van der Waals surface area (Å²) in [6.45, 7) is 3.18. The molecule has 1 nitrogen and oxygen atoms in total. The first-order chi connectivity index (χ1) is 7.66. The second-order valence-corrected chi connectivity index (χ2v) is 4.76. The van der Waals surface area contributed by atoms with Crippen molar-refractivity contribution in [2.45, 2.75) is 12.8 Å². The molecule has 16 heavy (non-hydrogen) atoms. The Morgan fingerprint density at radius 2 is 2.06 bits per heavy atom. The molecule has 1 aliphatic rings. The maximum atomic E-state index is 2.29. The van der Waals surface area contributed by atoms with Gasteiger partial charge in [0, 0.05) is 12.5 Å². The van der Waals surface area contributed by atoms with Gasteiger partial charge in [-0.1, -0.05) is 48.1 Å². The molecule has 0 spiro atoms. The molecule has 1 aromatic rings. The zero-order valence-corrected chi connectivity index (χ0v) is 10.3. The highest BCUT2D eigenvalue weighted by molar-refractivity contribution is 5.42. The molecule has 1 atom stereocenters. The first kappa shape index (κ1) is 11.2. The van der Waals surface area contributed by atoms with Crippen molar-refractivity contribution in [1.82, 2.24) is 4.90 Å². The van der Waals surface area contributed by atoms with Crippen molar-refractivity contribution in [1.29, 1.82) is 0 Å². The molecule has 0 bridgehead atoms. The highest BCUT2D eigenvalue weighted by Crippen LogP contribution is 2.30. The van der Waals surface area contributed by atoms with E-state index >= 15 is 0 Å². The van der Waals surface area contributed by atoms with E-state index in [0.29, 0.717) is 5.92 Å². The summed E-state index contributed by atoms with van der Waals surface area (Å²) < 4.78 is 0. The van der Waals surface area contributed by atoms with Crippen molar-refractivity contribution in [3.8, 4) is 0 Å². The maximum absolute atomic E-state index is 2.29. The van der Waals surface area contributed by atoms with Gasteiger partial charge in [-0.15, -0.1) is 0 Å². The van der Waals surface area contributed by atoms with Gasteiger partial charge in [-0.2, -0.15) is 0 Å². The summed E-state index contributed by atoms with van der Waals surface area (Å²) in [5.74, 6) is 0.474. The third-order valence-corrected chi connectivity index (χ3v) is 2.91. The van der Waals surface area contributed by atoms with Gasteiger partial charge in [0.1, 0.15) is 0 Å². The van der Waals surface area contributed by atoms with E-state index in [0.717, 1.165) is 6.54 Å². The average Bonchev–Trinajstić information content (AvgIpc) is 2.65. The quantitative estimate of drug-likeness (QED) is 0.745. The van der Waals surface area contributed by atoms with Crippen molar-refractivity contribution >= 4 is 0 Å². The standard InChI is InChI=1S/C15H19N/c1-12-6-4-7-13(10-12)15-9-5-8-14(15)11-16(2)3/h4-10,15H,11H2,1-3H3. The molecule has 0 saturated heterocycles. The number of benzene rings is 1. The highest BCUT2D eigenvalue weighted by Gasteiger charge is 2.17. The Kier molecular flexibility index (Phi) is 3.25. The number of nitrogens with zero attached hydrogens (tertiary/aromatic N) is 1.